The number of thiophene rings is 1. The van der Waals surface area contributed by atoms with Gasteiger partial charge in [0, 0.05) is 43.3 Å². The molecule has 4 aliphatic carbocycles. The molecule has 2 aliphatic heterocycles. The Kier molecular flexibility index (Phi) is 9.61. The highest BCUT2D eigenvalue weighted by Crippen LogP contribution is 2.62. The predicted molar refractivity (Wildman–Crippen MR) is 311 cm³/mol. The summed E-state index contributed by atoms with van der Waals surface area (Å²) in [5.74, 6) is 0. The number of nitrogens with zero attached hydrogens (tertiary/aromatic N) is 2. The van der Waals surface area contributed by atoms with Gasteiger partial charge in [-0.15, -0.1) is 11.3 Å². The van der Waals surface area contributed by atoms with Crippen LogP contribution in [0.4, 0.5) is 34.1 Å². The van der Waals surface area contributed by atoms with Crippen molar-refractivity contribution in [3.63, 3.8) is 0 Å². The largest absolute Gasteiger partial charge is 0.311 e. The zero-order chi connectivity index (χ0) is 50.9. The molecule has 0 saturated heterocycles. The first-order valence-electron chi connectivity index (χ1n) is 27.6. The fourth-order valence-corrected chi connectivity index (χ4v) is 16.3. The molecule has 1 fully saturated rings. The van der Waals surface area contributed by atoms with Crippen LogP contribution in [0.2, 0.25) is 0 Å². The third kappa shape index (κ3) is 6.83. The fourth-order valence-electron chi connectivity index (χ4n) is 14.9. The van der Waals surface area contributed by atoms with Crippen LogP contribution in [0.1, 0.15) is 227 Å². The molecule has 12 rings (SSSR count). The number of fused-ring (bicyclic) bond motifs is 13. The molecule has 6 aromatic rings. The molecule has 6 aliphatic rings. The second-order valence-electron chi connectivity index (χ2n) is 30.3. The maximum atomic E-state index is 2.81. The van der Waals surface area contributed by atoms with Crippen molar-refractivity contribution in [3.8, 4) is 0 Å². The van der Waals surface area contributed by atoms with Gasteiger partial charge in [-0.25, -0.2) is 0 Å². The normalized spacial score (nSPS) is 24.1. The van der Waals surface area contributed by atoms with Crippen molar-refractivity contribution in [1.29, 1.82) is 0 Å². The summed E-state index contributed by atoms with van der Waals surface area (Å²) in [7, 11) is 0. The molecule has 0 amide bonds. The number of hydrogen-bond acceptors (Lipinski definition) is 3. The Morgan fingerprint density at radius 2 is 0.915 bits per heavy atom. The molecule has 4 heteroatoms. The molecule has 5 aromatic carbocycles. The molecule has 2 nitrogen and oxygen atoms in total. The standard InChI is InChI=1S/C67H83BN2S/c1-59(2,3)39-28-40(60(4,5)6)30-43(29-39)69-52-36-48-47(64(14,15)24-25-65(48,16)17)35-51(52)68-56-53(69)31-41(61(7,8)9)32-54(56)70(42-20-21-45-46(33-42)63(12,13)23-22-62(45,10)11)57-44-34-49-50(37-55(44)71-58(57)68)67(19)27-26-66(49,18)38-67/h20-21,28-37H,22-27,38H2,1-19H3. The Balaban J connectivity index is 1.25. The first kappa shape index (κ1) is 47.7. The van der Waals surface area contributed by atoms with Gasteiger partial charge in [-0.05, 0) is 209 Å². The highest BCUT2D eigenvalue weighted by Gasteiger charge is 2.54. The summed E-state index contributed by atoms with van der Waals surface area (Å²) in [5, 5.41) is 1.45. The van der Waals surface area contributed by atoms with Gasteiger partial charge in [-0.2, -0.15) is 0 Å². The van der Waals surface area contributed by atoms with Crippen molar-refractivity contribution in [2.24, 2.45) is 0 Å². The van der Waals surface area contributed by atoms with Crippen LogP contribution < -0.4 is 25.5 Å². The van der Waals surface area contributed by atoms with Gasteiger partial charge in [0.2, 0.25) is 0 Å². The highest BCUT2D eigenvalue weighted by atomic mass is 32.1. The molecule has 370 valence electrons. The van der Waals surface area contributed by atoms with Crippen LogP contribution in [0.15, 0.2) is 72.8 Å². The van der Waals surface area contributed by atoms with E-state index >= 15 is 0 Å². The number of hydrogen-bond donors (Lipinski definition) is 0. The minimum Gasteiger partial charge on any atom is -0.311 e. The van der Waals surface area contributed by atoms with Gasteiger partial charge in [-0.3, -0.25) is 0 Å². The zero-order valence-corrected chi connectivity index (χ0v) is 48.1. The zero-order valence-electron chi connectivity index (χ0n) is 47.3. The molecule has 71 heavy (non-hydrogen) atoms. The van der Waals surface area contributed by atoms with Gasteiger partial charge in [0.15, 0.2) is 0 Å². The van der Waals surface area contributed by atoms with Crippen LogP contribution in [0, 0.1) is 0 Å². The first-order chi connectivity index (χ1) is 32.7. The smallest absolute Gasteiger partial charge is 0.264 e. The monoisotopic (exact) mass is 959 g/mol. The lowest BCUT2D eigenvalue weighted by molar-refractivity contribution is 0.332. The van der Waals surface area contributed by atoms with Gasteiger partial charge >= 0.3 is 0 Å². The van der Waals surface area contributed by atoms with E-state index in [0.29, 0.717) is 0 Å². The third-order valence-electron chi connectivity index (χ3n) is 20.0. The quantitative estimate of drug-likeness (QED) is 0.159. The van der Waals surface area contributed by atoms with E-state index in [4.69, 9.17) is 0 Å². The van der Waals surface area contributed by atoms with E-state index in [1.54, 1.807) is 16.7 Å². The summed E-state index contributed by atoms with van der Waals surface area (Å²) >= 11 is 2.12. The van der Waals surface area contributed by atoms with Crippen LogP contribution in [0.25, 0.3) is 10.1 Å². The lowest BCUT2D eigenvalue weighted by atomic mass is 9.35. The van der Waals surface area contributed by atoms with Crippen molar-refractivity contribution in [3.05, 3.63) is 123 Å². The maximum Gasteiger partial charge on any atom is 0.264 e. The predicted octanol–water partition coefficient (Wildman–Crippen LogP) is 17.3. The molecule has 0 radical (unpaired) electrons. The first-order valence-corrected chi connectivity index (χ1v) is 28.4. The van der Waals surface area contributed by atoms with Crippen LogP contribution in [-0.4, -0.2) is 6.71 Å². The van der Waals surface area contributed by atoms with Gasteiger partial charge in [-0.1, -0.05) is 150 Å². The summed E-state index contributed by atoms with van der Waals surface area (Å²) < 4.78 is 2.96. The van der Waals surface area contributed by atoms with Gasteiger partial charge in [0.05, 0.1) is 5.69 Å². The Labute approximate surface area is 433 Å². The van der Waals surface area contributed by atoms with Crippen molar-refractivity contribution < 1.29 is 0 Å². The lowest BCUT2D eigenvalue weighted by Crippen LogP contribution is -2.61. The lowest BCUT2D eigenvalue weighted by Gasteiger charge is -2.48. The molecule has 2 bridgehead atoms. The average molecular weight is 959 g/mol. The second kappa shape index (κ2) is 14.3. The van der Waals surface area contributed by atoms with E-state index in [0.717, 1.165) is 0 Å². The van der Waals surface area contributed by atoms with Gasteiger partial charge < -0.3 is 9.80 Å². The van der Waals surface area contributed by atoms with E-state index in [1.807, 2.05) is 0 Å². The van der Waals surface area contributed by atoms with E-state index in [1.165, 1.54) is 138 Å². The SMILES string of the molecule is CC(C)(C)c1cc(N2c3cc4c(cc3B3c5sc6cc7c(cc6c5N(c5ccc6c(c5)C(C)(C)CCC6(C)C)c5cc(C(C)(C)C)cc2c53)C2(C)CCC7(C)C2)C(C)(C)CCC4(C)C)cc(C(C)(C)C)c1. The maximum absolute atomic E-state index is 2.81. The summed E-state index contributed by atoms with van der Waals surface area (Å²) in [4.78, 5) is 5.58. The average Bonchev–Trinajstić information content (AvgIpc) is 3.88. The fraction of sp³-hybridized carbons (Fsp3) is 0.522. The van der Waals surface area contributed by atoms with E-state index in [2.05, 4.69) is 225 Å². The summed E-state index contributed by atoms with van der Waals surface area (Å²) in [5.41, 5.74) is 25.1. The van der Waals surface area contributed by atoms with Crippen molar-refractivity contribution in [2.45, 2.75) is 225 Å². The van der Waals surface area contributed by atoms with Gasteiger partial charge in [0.25, 0.3) is 6.71 Å². The van der Waals surface area contributed by atoms with Crippen molar-refractivity contribution in [1.82, 2.24) is 0 Å². The molecular weight excluding hydrogens is 876 g/mol. The summed E-state index contributed by atoms with van der Waals surface area (Å²) in [6, 6.07) is 31.5. The number of benzene rings is 5. The van der Waals surface area contributed by atoms with Crippen molar-refractivity contribution >= 4 is 78.0 Å². The Morgan fingerprint density at radius 1 is 0.437 bits per heavy atom. The van der Waals surface area contributed by atoms with Crippen LogP contribution >= 0.6 is 11.3 Å². The molecule has 2 atom stereocenters. The second-order valence-corrected chi connectivity index (χ2v) is 31.4. The number of anilines is 6. The van der Waals surface area contributed by atoms with E-state index in [-0.39, 0.29) is 55.4 Å². The molecule has 0 spiro atoms. The summed E-state index contributed by atoms with van der Waals surface area (Å²) in [6.07, 6.45) is 8.62. The van der Waals surface area contributed by atoms with E-state index in [9.17, 15) is 0 Å². The Hall–Kier alpha value is -4.28. The number of rotatable bonds is 2. The third-order valence-corrected chi connectivity index (χ3v) is 21.2. The van der Waals surface area contributed by atoms with E-state index < -0.39 is 0 Å². The topological polar surface area (TPSA) is 6.48 Å². The molecule has 1 saturated carbocycles. The molecule has 2 unspecified atom stereocenters. The van der Waals surface area contributed by atoms with Crippen LogP contribution in [0.3, 0.4) is 0 Å². The molecule has 1 aromatic heterocycles. The Bertz CT molecular complexity index is 3260. The minimum absolute atomic E-state index is 0.0306. The Morgan fingerprint density at radius 3 is 1.46 bits per heavy atom. The van der Waals surface area contributed by atoms with Crippen LogP contribution in [-0.2, 0) is 48.7 Å². The molecule has 3 heterocycles. The highest BCUT2D eigenvalue weighted by molar-refractivity contribution is 7.33. The van der Waals surface area contributed by atoms with Gasteiger partial charge in [0.1, 0.15) is 0 Å². The van der Waals surface area contributed by atoms with Crippen molar-refractivity contribution in [2.75, 3.05) is 9.80 Å². The van der Waals surface area contributed by atoms with Crippen LogP contribution in [0.5, 0.6) is 0 Å². The summed E-state index contributed by atoms with van der Waals surface area (Å²) in [6.45, 7) is 46.9. The molecular formula is C67H83BN2S. The molecule has 0 N–H and O–H groups in total. The minimum atomic E-state index is -0.104.